The Morgan fingerprint density at radius 2 is 1.78 bits per heavy atom. The van der Waals surface area contributed by atoms with Gasteiger partial charge in [-0.1, -0.05) is 19.9 Å². The summed E-state index contributed by atoms with van der Waals surface area (Å²) in [4.78, 5) is 0. The zero-order valence-corrected chi connectivity index (χ0v) is 10.3. The number of hydrogen-bond acceptors (Lipinski definition) is 1. The second-order valence-electron chi connectivity index (χ2n) is 4.72. The average Bonchev–Trinajstić information content (AvgIpc) is 2.24. The number of aliphatic hydroxyl groups is 1. The van der Waals surface area contributed by atoms with Crippen LogP contribution in [0.2, 0.25) is 0 Å². The van der Waals surface area contributed by atoms with E-state index in [1.807, 2.05) is 13.8 Å². The number of rotatable bonds is 4. The average molecular weight is 264 g/mol. The molecule has 0 bridgehead atoms. The third-order valence-corrected chi connectivity index (χ3v) is 2.70. The highest BCUT2D eigenvalue weighted by atomic mass is 19.4. The van der Waals surface area contributed by atoms with Crippen molar-refractivity contribution in [1.29, 1.82) is 0 Å². The van der Waals surface area contributed by atoms with Gasteiger partial charge in [-0.25, -0.2) is 4.39 Å². The highest BCUT2D eigenvalue weighted by molar-refractivity contribution is 5.32. The minimum atomic E-state index is -4.66. The Bertz CT molecular complexity index is 398. The summed E-state index contributed by atoms with van der Waals surface area (Å²) in [5, 5.41) is 9.78. The zero-order chi connectivity index (χ0) is 13.9. The SMILES string of the molecule is CC(C)CCC(O)c1ccc(F)cc1C(F)(F)F. The van der Waals surface area contributed by atoms with Gasteiger partial charge in [0.1, 0.15) is 5.82 Å². The van der Waals surface area contributed by atoms with Crippen molar-refractivity contribution in [2.45, 2.75) is 39.0 Å². The third-order valence-electron chi connectivity index (χ3n) is 2.70. The van der Waals surface area contributed by atoms with E-state index in [1.165, 1.54) is 0 Å². The summed E-state index contributed by atoms with van der Waals surface area (Å²) >= 11 is 0. The van der Waals surface area contributed by atoms with Crippen LogP contribution in [0.3, 0.4) is 0 Å². The molecular formula is C13H16F4O. The predicted molar refractivity (Wildman–Crippen MR) is 60.4 cm³/mol. The van der Waals surface area contributed by atoms with Crippen LogP contribution in [0, 0.1) is 11.7 Å². The Morgan fingerprint density at radius 1 is 1.17 bits per heavy atom. The van der Waals surface area contributed by atoms with Crippen LogP contribution in [0.1, 0.15) is 43.9 Å². The number of aliphatic hydroxyl groups excluding tert-OH is 1. The largest absolute Gasteiger partial charge is 0.416 e. The van der Waals surface area contributed by atoms with Gasteiger partial charge < -0.3 is 5.11 Å². The van der Waals surface area contributed by atoms with E-state index in [9.17, 15) is 22.7 Å². The second kappa shape index (κ2) is 5.69. The maximum Gasteiger partial charge on any atom is 0.416 e. The van der Waals surface area contributed by atoms with Crippen molar-refractivity contribution in [1.82, 2.24) is 0 Å². The molecule has 0 aliphatic heterocycles. The number of hydrogen-bond donors (Lipinski definition) is 1. The Kier molecular flexibility index (Phi) is 4.73. The van der Waals surface area contributed by atoms with Gasteiger partial charge in [0, 0.05) is 0 Å². The van der Waals surface area contributed by atoms with E-state index in [4.69, 9.17) is 0 Å². The Morgan fingerprint density at radius 3 is 2.28 bits per heavy atom. The Hall–Kier alpha value is -1.10. The molecule has 0 aliphatic carbocycles. The van der Waals surface area contributed by atoms with Gasteiger partial charge in [-0.05, 0) is 36.5 Å². The number of benzene rings is 1. The van der Waals surface area contributed by atoms with Crippen molar-refractivity contribution in [3.05, 3.63) is 35.1 Å². The van der Waals surface area contributed by atoms with Crippen molar-refractivity contribution >= 4 is 0 Å². The van der Waals surface area contributed by atoms with E-state index in [0.29, 0.717) is 12.5 Å². The molecule has 18 heavy (non-hydrogen) atoms. The topological polar surface area (TPSA) is 20.2 Å². The van der Waals surface area contributed by atoms with Gasteiger partial charge in [-0.3, -0.25) is 0 Å². The monoisotopic (exact) mass is 264 g/mol. The summed E-state index contributed by atoms with van der Waals surface area (Å²) in [6.45, 7) is 3.84. The van der Waals surface area contributed by atoms with Crippen molar-refractivity contribution in [3.63, 3.8) is 0 Å². The molecule has 1 aromatic rings. The fourth-order valence-electron chi connectivity index (χ4n) is 1.71. The normalized spacial score (nSPS) is 14.0. The molecule has 1 aromatic carbocycles. The summed E-state index contributed by atoms with van der Waals surface area (Å²) < 4.78 is 51.0. The van der Waals surface area contributed by atoms with E-state index >= 15 is 0 Å². The van der Waals surface area contributed by atoms with Crippen LogP contribution in [0.15, 0.2) is 18.2 Å². The first-order valence-corrected chi connectivity index (χ1v) is 5.76. The third kappa shape index (κ3) is 3.98. The standard InChI is InChI=1S/C13H16F4O/c1-8(2)3-6-12(18)10-5-4-9(14)7-11(10)13(15,16)17/h4-5,7-8,12,18H,3,6H2,1-2H3. The van der Waals surface area contributed by atoms with Crippen molar-refractivity contribution in [2.75, 3.05) is 0 Å². The molecule has 0 fully saturated rings. The summed E-state index contributed by atoms with van der Waals surface area (Å²) in [5.41, 5.74) is -1.36. The molecule has 1 rings (SSSR count). The van der Waals surface area contributed by atoms with E-state index in [2.05, 4.69) is 0 Å². The lowest BCUT2D eigenvalue weighted by Gasteiger charge is -2.18. The van der Waals surface area contributed by atoms with Crippen LogP contribution in [0.25, 0.3) is 0 Å². The molecule has 1 nitrogen and oxygen atoms in total. The molecule has 0 amide bonds. The molecule has 1 atom stereocenters. The second-order valence-corrected chi connectivity index (χ2v) is 4.72. The summed E-state index contributed by atoms with van der Waals surface area (Å²) in [6.07, 6.45) is -5.04. The minimum absolute atomic E-state index is 0.229. The molecule has 5 heteroatoms. The first-order chi connectivity index (χ1) is 8.21. The van der Waals surface area contributed by atoms with E-state index in [0.717, 1.165) is 12.1 Å². The highest BCUT2D eigenvalue weighted by Crippen LogP contribution is 2.36. The first-order valence-electron chi connectivity index (χ1n) is 5.76. The van der Waals surface area contributed by atoms with Gasteiger partial charge in [-0.15, -0.1) is 0 Å². The smallest absolute Gasteiger partial charge is 0.388 e. The summed E-state index contributed by atoms with van der Waals surface area (Å²) in [6, 6.07) is 2.36. The van der Waals surface area contributed by atoms with Gasteiger partial charge in [0.2, 0.25) is 0 Å². The molecule has 0 saturated heterocycles. The van der Waals surface area contributed by atoms with E-state index in [1.54, 1.807) is 0 Å². The van der Waals surface area contributed by atoms with Gasteiger partial charge >= 0.3 is 6.18 Å². The van der Waals surface area contributed by atoms with Crippen molar-refractivity contribution in [3.8, 4) is 0 Å². The molecule has 0 aliphatic rings. The van der Waals surface area contributed by atoms with Crippen LogP contribution in [-0.2, 0) is 6.18 Å². The van der Waals surface area contributed by atoms with Crippen LogP contribution < -0.4 is 0 Å². The lowest BCUT2D eigenvalue weighted by molar-refractivity contribution is -0.139. The molecule has 0 spiro atoms. The number of halogens is 4. The molecule has 0 heterocycles. The van der Waals surface area contributed by atoms with Gasteiger partial charge in [0.15, 0.2) is 0 Å². The molecular weight excluding hydrogens is 248 g/mol. The van der Waals surface area contributed by atoms with E-state index < -0.39 is 23.7 Å². The van der Waals surface area contributed by atoms with Crippen LogP contribution in [0.5, 0.6) is 0 Å². The molecule has 102 valence electrons. The first kappa shape index (κ1) is 15.0. The Labute approximate surface area is 103 Å². The maximum absolute atomic E-state index is 12.9. The molecule has 0 aromatic heterocycles. The molecule has 0 radical (unpaired) electrons. The quantitative estimate of drug-likeness (QED) is 0.803. The highest BCUT2D eigenvalue weighted by Gasteiger charge is 2.35. The van der Waals surface area contributed by atoms with E-state index in [-0.39, 0.29) is 17.9 Å². The zero-order valence-electron chi connectivity index (χ0n) is 10.3. The fourth-order valence-corrected chi connectivity index (χ4v) is 1.71. The maximum atomic E-state index is 12.9. The van der Waals surface area contributed by atoms with Crippen LogP contribution >= 0.6 is 0 Å². The molecule has 0 saturated carbocycles. The fraction of sp³-hybridized carbons (Fsp3) is 0.538. The Balaban J connectivity index is 3.00. The number of alkyl halides is 3. The predicted octanol–water partition coefficient (Wildman–Crippen LogP) is 4.31. The lowest BCUT2D eigenvalue weighted by Crippen LogP contribution is -2.13. The summed E-state index contributed by atoms with van der Waals surface area (Å²) in [7, 11) is 0. The minimum Gasteiger partial charge on any atom is -0.388 e. The van der Waals surface area contributed by atoms with Crippen LogP contribution in [0.4, 0.5) is 17.6 Å². The van der Waals surface area contributed by atoms with Gasteiger partial charge in [-0.2, -0.15) is 13.2 Å². The summed E-state index contributed by atoms with van der Waals surface area (Å²) in [5.74, 6) is -0.670. The van der Waals surface area contributed by atoms with Gasteiger partial charge in [0.05, 0.1) is 11.7 Å². The lowest BCUT2D eigenvalue weighted by atomic mass is 9.96. The van der Waals surface area contributed by atoms with Crippen molar-refractivity contribution < 1.29 is 22.7 Å². The van der Waals surface area contributed by atoms with Crippen LogP contribution in [-0.4, -0.2) is 5.11 Å². The van der Waals surface area contributed by atoms with Gasteiger partial charge in [0.25, 0.3) is 0 Å². The molecule has 1 N–H and O–H groups in total. The van der Waals surface area contributed by atoms with Crippen molar-refractivity contribution in [2.24, 2.45) is 5.92 Å². The molecule has 1 unspecified atom stereocenters.